The summed E-state index contributed by atoms with van der Waals surface area (Å²) < 4.78 is 25.1. The van der Waals surface area contributed by atoms with E-state index in [4.69, 9.17) is 0 Å². The van der Waals surface area contributed by atoms with Gasteiger partial charge < -0.3 is 10.6 Å². The van der Waals surface area contributed by atoms with Gasteiger partial charge in [0.15, 0.2) is 0 Å². The Kier molecular flexibility index (Phi) is 8.39. The lowest BCUT2D eigenvalue weighted by Crippen LogP contribution is -2.49. The van der Waals surface area contributed by atoms with Gasteiger partial charge in [0.2, 0.25) is 15.9 Å². The summed E-state index contributed by atoms with van der Waals surface area (Å²) in [6.07, 6.45) is 5.33. The fourth-order valence-corrected chi connectivity index (χ4v) is 4.20. The molecule has 170 valence electrons. The second-order valence-electron chi connectivity index (χ2n) is 8.22. The third-order valence-electron chi connectivity index (χ3n) is 5.57. The molecule has 1 heterocycles. The zero-order chi connectivity index (χ0) is 23.0. The van der Waals surface area contributed by atoms with Crippen LogP contribution in [0, 0.1) is 11.3 Å². The van der Waals surface area contributed by atoms with Gasteiger partial charge in [-0.2, -0.15) is 5.26 Å². The van der Waals surface area contributed by atoms with Crippen molar-refractivity contribution in [3.05, 3.63) is 59.7 Å². The van der Waals surface area contributed by atoms with Crippen molar-refractivity contribution < 1.29 is 13.2 Å². The van der Waals surface area contributed by atoms with Gasteiger partial charge in [0.25, 0.3) is 0 Å². The van der Waals surface area contributed by atoms with E-state index < -0.39 is 16.1 Å². The van der Waals surface area contributed by atoms with Crippen molar-refractivity contribution in [3.8, 4) is 17.2 Å². The van der Waals surface area contributed by atoms with Crippen molar-refractivity contribution in [2.75, 3.05) is 12.8 Å². The van der Waals surface area contributed by atoms with Gasteiger partial charge in [0.1, 0.15) is 6.04 Å². The number of carbonyl (C=O) groups excluding carboxylic acids is 1. The van der Waals surface area contributed by atoms with Gasteiger partial charge in [-0.25, -0.2) is 13.1 Å². The van der Waals surface area contributed by atoms with Crippen LogP contribution in [0.25, 0.3) is 11.1 Å². The molecule has 1 aliphatic rings. The van der Waals surface area contributed by atoms with E-state index in [-0.39, 0.29) is 18.5 Å². The van der Waals surface area contributed by atoms with Crippen LogP contribution >= 0.6 is 0 Å². The number of piperidine rings is 1. The third-order valence-corrected chi connectivity index (χ3v) is 6.24. The first-order valence-corrected chi connectivity index (χ1v) is 12.8. The molecule has 3 rings (SSSR count). The second kappa shape index (κ2) is 11.2. The molecule has 32 heavy (non-hydrogen) atoms. The van der Waals surface area contributed by atoms with Crippen molar-refractivity contribution in [1.82, 2.24) is 15.4 Å². The van der Waals surface area contributed by atoms with Gasteiger partial charge >= 0.3 is 0 Å². The zero-order valence-electron chi connectivity index (χ0n) is 18.3. The molecule has 0 radical (unpaired) electrons. The summed E-state index contributed by atoms with van der Waals surface area (Å²) in [6, 6.07) is 17.3. The third kappa shape index (κ3) is 7.45. The van der Waals surface area contributed by atoms with Crippen molar-refractivity contribution >= 4 is 15.9 Å². The summed E-state index contributed by atoms with van der Waals surface area (Å²) in [6.45, 7) is 1.10. The number of nitrogens with zero attached hydrogens (tertiary/aromatic N) is 1. The van der Waals surface area contributed by atoms with E-state index in [9.17, 15) is 18.5 Å². The first-order chi connectivity index (χ1) is 15.3. The molecule has 2 aromatic rings. The van der Waals surface area contributed by atoms with E-state index >= 15 is 0 Å². The molecule has 0 saturated carbocycles. The van der Waals surface area contributed by atoms with Crippen LogP contribution in [0.15, 0.2) is 48.5 Å². The highest BCUT2D eigenvalue weighted by molar-refractivity contribution is 7.88. The highest BCUT2D eigenvalue weighted by Gasteiger charge is 2.22. The Morgan fingerprint density at radius 3 is 2.59 bits per heavy atom. The Hall–Kier alpha value is -2.73. The van der Waals surface area contributed by atoms with E-state index in [1.807, 2.05) is 48.5 Å². The number of rotatable bonds is 9. The minimum absolute atomic E-state index is 0.0863. The summed E-state index contributed by atoms with van der Waals surface area (Å²) in [5.74, 6) is -0.0863. The Morgan fingerprint density at radius 1 is 1.16 bits per heavy atom. The lowest BCUT2D eigenvalue weighted by atomic mass is 9.99. The molecule has 1 fully saturated rings. The molecule has 8 heteroatoms. The molecule has 7 nitrogen and oxygen atoms in total. The van der Waals surface area contributed by atoms with Gasteiger partial charge in [-0.05, 0) is 60.5 Å². The molecule has 2 aromatic carbocycles. The van der Waals surface area contributed by atoms with Gasteiger partial charge in [-0.1, -0.05) is 48.9 Å². The highest BCUT2D eigenvalue weighted by atomic mass is 32.2. The van der Waals surface area contributed by atoms with E-state index in [2.05, 4.69) is 21.4 Å². The number of nitrogens with one attached hydrogen (secondary N) is 3. The first kappa shape index (κ1) is 23.9. The first-order valence-electron chi connectivity index (χ1n) is 10.9. The van der Waals surface area contributed by atoms with Crippen LogP contribution < -0.4 is 15.4 Å². The van der Waals surface area contributed by atoms with Crippen LogP contribution in [0.2, 0.25) is 0 Å². The minimum Gasteiger partial charge on any atom is -0.339 e. The predicted molar refractivity (Wildman–Crippen MR) is 125 cm³/mol. The van der Waals surface area contributed by atoms with Crippen LogP contribution in [0.3, 0.4) is 0 Å². The maximum absolute atomic E-state index is 12.3. The van der Waals surface area contributed by atoms with Crippen LogP contribution in [-0.2, 0) is 27.8 Å². The number of carbonyl (C=O) groups is 1. The monoisotopic (exact) mass is 454 g/mol. The van der Waals surface area contributed by atoms with Crippen LogP contribution in [-0.4, -0.2) is 39.2 Å². The average Bonchev–Trinajstić information content (AvgIpc) is 2.81. The molecule has 1 amide bonds. The maximum Gasteiger partial charge on any atom is 0.238 e. The number of aryl methyl sites for hydroxylation is 1. The number of sulfonamides is 1. The molecular formula is C24H30N4O3S. The number of amides is 1. The quantitative estimate of drug-likeness (QED) is 0.539. The Morgan fingerprint density at radius 2 is 1.94 bits per heavy atom. The van der Waals surface area contributed by atoms with Gasteiger partial charge in [0.05, 0.1) is 18.4 Å². The summed E-state index contributed by atoms with van der Waals surface area (Å²) in [4.78, 5) is 12.3. The predicted octanol–water partition coefficient (Wildman–Crippen LogP) is 2.49. The molecule has 0 bridgehead atoms. The summed E-state index contributed by atoms with van der Waals surface area (Å²) in [5, 5.41) is 15.5. The lowest BCUT2D eigenvalue weighted by Gasteiger charge is -2.23. The van der Waals surface area contributed by atoms with Gasteiger partial charge in [-0.15, -0.1) is 0 Å². The molecule has 0 unspecified atom stereocenters. The van der Waals surface area contributed by atoms with Crippen molar-refractivity contribution in [3.63, 3.8) is 0 Å². The molecular weight excluding hydrogens is 424 g/mol. The largest absolute Gasteiger partial charge is 0.339 e. The molecule has 1 aliphatic heterocycles. The lowest BCUT2D eigenvalue weighted by molar-refractivity contribution is -0.124. The smallest absolute Gasteiger partial charge is 0.238 e. The van der Waals surface area contributed by atoms with E-state index in [0.717, 1.165) is 54.3 Å². The van der Waals surface area contributed by atoms with Crippen LogP contribution in [0.4, 0.5) is 0 Å². The number of hydrogen-bond acceptors (Lipinski definition) is 5. The number of benzene rings is 2. The average molecular weight is 455 g/mol. The zero-order valence-corrected chi connectivity index (χ0v) is 19.1. The standard InChI is InChI=1S/C24H30N4O3S/c1-32(30,31)27-17-19-5-4-6-21(15-19)20-11-8-18(9-12-20)10-13-22(16-25)28-24(29)23-7-2-3-14-26-23/h4-6,8-9,11-12,15,22-23,26-27H,2-3,7,10,13-14,17H2,1H3,(H,28,29)/t22-,23-/m0/s1. The summed E-state index contributed by atoms with van der Waals surface area (Å²) in [7, 11) is -3.24. The number of nitriles is 1. The Balaban J connectivity index is 1.55. The summed E-state index contributed by atoms with van der Waals surface area (Å²) >= 11 is 0. The topological polar surface area (TPSA) is 111 Å². The normalized spacial score (nSPS) is 17.3. The molecule has 0 aromatic heterocycles. The van der Waals surface area contributed by atoms with Gasteiger partial charge in [-0.3, -0.25) is 4.79 Å². The van der Waals surface area contributed by atoms with Crippen molar-refractivity contribution in [1.29, 1.82) is 5.26 Å². The van der Waals surface area contributed by atoms with Gasteiger partial charge in [0, 0.05) is 6.54 Å². The molecule has 0 spiro atoms. The second-order valence-corrected chi connectivity index (χ2v) is 10.1. The molecule has 1 saturated heterocycles. The van der Waals surface area contributed by atoms with E-state index in [1.165, 1.54) is 0 Å². The molecule has 3 N–H and O–H groups in total. The highest BCUT2D eigenvalue weighted by Crippen LogP contribution is 2.22. The molecule has 2 atom stereocenters. The van der Waals surface area contributed by atoms with E-state index in [1.54, 1.807) is 0 Å². The fourth-order valence-electron chi connectivity index (χ4n) is 3.77. The summed E-state index contributed by atoms with van der Waals surface area (Å²) in [5.41, 5.74) is 4.01. The number of hydrogen-bond donors (Lipinski definition) is 3. The SMILES string of the molecule is CS(=O)(=O)NCc1cccc(-c2ccc(CC[C@@H](C#N)NC(=O)[C@@H]3CCCCN3)cc2)c1. The molecule has 0 aliphatic carbocycles. The Labute approximate surface area is 190 Å². The maximum atomic E-state index is 12.3. The Bertz CT molecular complexity index is 1060. The van der Waals surface area contributed by atoms with Crippen molar-refractivity contribution in [2.45, 2.75) is 50.7 Å². The van der Waals surface area contributed by atoms with Crippen LogP contribution in [0.1, 0.15) is 36.8 Å². The van der Waals surface area contributed by atoms with E-state index in [0.29, 0.717) is 12.8 Å². The van der Waals surface area contributed by atoms with Crippen molar-refractivity contribution in [2.24, 2.45) is 0 Å². The fraction of sp³-hybridized carbons (Fsp3) is 0.417. The minimum atomic E-state index is -3.24. The van der Waals surface area contributed by atoms with Crippen LogP contribution in [0.5, 0.6) is 0 Å².